The summed E-state index contributed by atoms with van der Waals surface area (Å²) in [5.74, 6) is 1.36. The number of imidazole rings is 1. The normalized spacial score (nSPS) is 20.5. The molecule has 3 aromatic rings. The first kappa shape index (κ1) is 18.0. The third-order valence-corrected chi connectivity index (χ3v) is 5.80. The van der Waals surface area contributed by atoms with Crippen LogP contribution in [-0.2, 0) is 0 Å². The van der Waals surface area contributed by atoms with Gasteiger partial charge in [-0.05, 0) is 50.9 Å². The highest BCUT2D eigenvalue weighted by Crippen LogP contribution is 2.38. The number of hydrogen-bond acceptors (Lipinski definition) is 6. The van der Waals surface area contributed by atoms with Crippen molar-refractivity contribution in [3.05, 3.63) is 34.4 Å². The van der Waals surface area contributed by atoms with Gasteiger partial charge in [-0.25, -0.2) is 9.97 Å². The molecule has 2 aliphatic rings. The van der Waals surface area contributed by atoms with E-state index in [1.54, 1.807) is 12.3 Å². The maximum atomic E-state index is 6.16. The van der Waals surface area contributed by atoms with Gasteiger partial charge in [0.15, 0.2) is 5.65 Å². The van der Waals surface area contributed by atoms with E-state index in [-0.39, 0.29) is 11.6 Å². The molecule has 0 spiro atoms. The zero-order chi connectivity index (χ0) is 19.3. The van der Waals surface area contributed by atoms with Crippen LogP contribution in [0.1, 0.15) is 32.2 Å². The van der Waals surface area contributed by atoms with Crippen LogP contribution in [0.25, 0.3) is 11.2 Å². The van der Waals surface area contributed by atoms with Gasteiger partial charge in [-0.1, -0.05) is 23.2 Å². The number of nitrogens with one attached hydrogen (secondary N) is 3. The second-order valence-electron chi connectivity index (χ2n) is 7.82. The Bertz CT molecular complexity index is 1020. The van der Waals surface area contributed by atoms with Crippen molar-refractivity contribution < 1.29 is 0 Å². The Morgan fingerprint density at radius 1 is 1.18 bits per heavy atom. The van der Waals surface area contributed by atoms with Crippen molar-refractivity contribution in [3.8, 4) is 0 Å². The van der Waals surface area contributed by atoms with E-state index in [2.05, 4.69) is 32.4 Å². The largest absolute Gasteiger partial charge is 0.349 e. The third kappa shape index (κ3) is 3.50. The molecule has 1 saturated heterocycles. The Morgan fingerprint density at radius 3 is 2.64 bits per heavy atom. The highest BCUT2D eigenvalue weighted by molar-refractivity contribution is 6.35. The molecule has 1 aliphatic carbocycles. The molecule has 1 atom stereocenters. The number of aromatic nitrogens is 4. The van der Waals surface area contributed by atoms with Gasteiger partial charge < -0.3 is 16.0 Å². The van der Waals surface area contributed by atoms with Crippen LogP contribution in [0.4, 0.5) is 17.6 Å². The molecule has 1 aromatic carbocycles. The first-order valence-electron chi connectivity index (χ1n) is 9.46. The lowest BCUT2D eigenvalue weighted by Gasteiger charge is -2.17. The second kappa shape index (κ2) is 6.76. The van der Waals surface area contributed by atoms with Gasteiger partial charge in [0, 0.05) is 27.8 Å². The minimum Gasteiger partial charge on any atom is -0.349 e. The lowest BCUT2D eigenvalue weighted by molar-refractivity contribution is 0.564. The lowest BCUT2D eigenvalue weighted by Crippen LogP contribution is -2.19. The predicted octanol–water partition coefficient (Wildman–Crippen LogP) is 4.38. The average molecular weight is 418 g/mol. The van der Waals surface area contributed by atoms with Gasteiger partial charge in [0.1, 0.15) is 5.52 Å². The molecule has 2 fully saturated rings. The molecule has 146 valence electrons. The van der Waals surface area contributed by atoms with E-state index in [0.29, 0.717) is 21.9 Å². The van der Waals surface area contributed by atoms with Crippen LogP contribution >= 0.6 is 23.2 Å². The van der Waals surface area contributed by atoms with E-state index in [0.717, 1.165) is 49.2 Å². The number of anilines is 3. The van der Waals surface area contributed by atoms with Crippen molar-refractivity contribution in [2.45, 2.75) is 37.8 Å². The third-order valence-electron chi connectivity index (χ3n) is 5.36. The molecule has 2 aromatic heterocycles. The van der Waals surface area contributed by atoms with Gasteiger partial charge in [0.05, 0.1) is 12.2 Å². The fourth-order valence-electron chi connectivity index (χ4n) is 3.58. The maximum absolute atomic E-state index is 6.16. The van der Waals surface area contributed by atoms with E-state index in [1.807, 2.05) is 12.1 Å². The Balaban J connectivity index is 1.57. The highest BCUT2D eigenvalue weighted by Gasteiger charge is 2.38. The zero-order valence-electron chi connectivity index (χ0n) is 15.5. The molecule has 1 unspecified atom stereocenters. The summed E-state index contributed by atoms with van der Waals surface area (Å²) in [5, 5.41) is 11.4. The van der Waals surface area contributed by atoms with Gasteiger partial charge in [0.2, 0.25) is 11.9 Å². The van der Waals surface area contributed by atoms with E-state index >= 15 is 0 Å². The average Bonchev–Trinajstić information content (AvgIpc) is 3.04. The van der Waals surface area contributed by atoms with Crippen LogP contribution in [-0.4, -0.2) is 38.1 Å². The van der Waals surface area contributed by atoms with Gasteiger partial charge in [0.25, 0.3) is 0 Å². The summed E-state index contributed by atoms with van der Waals surface area (Å²) in [5.41, 5.74) is 2.49. The Kier molecular flexibility index (Phi) is 4.34. The molecule has 1 saturated carbocycles. The summed E-state index contributed by atoms with van der Waals surface area (Å²) in [6.45, 7) is 4.04. The molecule has 1 aliphatic heterocycles. The summed E-state index contributed by atoms with van der Waals surface area (Å²) in [7, 11) is 0. The van der Waals surface area contributed by atoms with Crippen molar-refractivity contribution in [1.29, 1.82) is 0 Å². The van der Waals surface area contributed by atoms with Crippen molar-refractivity contribution >= 4 is 51.9 Å². The summed E-state index contributed by atoms with van der Waals surface area (Å²) >= 11 is 12.3. The van der Waals surface area contributed by atoms with Crippen LogP contribution in [0.5, 0.6) is 0 Å². The quantitative estimate of drug-likeness (QED) is 0.571. The number of halogens is 2. The lowest BCUT2D eigenvalue weighted by atomic mass is 10.2. The standard InChI is InChI=1S/C19H21Cl2N7/c1-19(3-4-19)27-17-23-10-15-16(26-17)28(14-2-5-22-9-14)18(25-15)24-13-7-11(20)6-12(21)8-13/h6-8,10,14,22H,2-5,9H2,1H3,(H,24,25)(H,23,26,27). The predicted molar refractivity (Wildman–Crippen MR) is 113 cm³/mol. The van der Waals surface area contributed by atoms with Crippen LogP contribution in [0.2, 0.25) is 10.0 Å². The maximum Gasteiger partial charge on any atom is 0.225 e. The van der Waals surface area contributed by atoms with Crippen LogP contribution in [0.15, 0.2) is 24.4 Å². The Labute approximate surface area is 172 Å². The summed E-state index contributed by atoms with van der Waals surface area (Å²) < 4.78 is 2.16. The molecule has 0 bridgehead atoms. The van der Waals surface area contributed by atoms with Crippen LogP contribution in [0, 0.1) is 0 Å². The monoisotopic (exact) mass is 417 g/mol. The molecule has 3 heterocycles. The summed E-state index contributed by atoms with van der Waals surface area (Å²) in [6.07, 6.45) is 5.08. The molecular weight excluding hydrogens is 397 g/mol. The summed E-state index contributed by atoms with van der Waals surface area (Å²) in [4.78, 5) is 14.0. The first-order valence-corrected chi connectivity index (χ1v) is 10.2. The molecule has 9 heteroatoms. The first-order chi connectivity index (χ1) is 13.5. The highest BCUT2D eigenvalue weighted by atomic mass is 35.5. The van der Waals surface area contributed by atoms with Crippen LogP contribution in [0.3, 0.4) is 0 Å². The molecular formula is C19H21Cl2N7. The van der Waals surface area contributed by atoms with Crippen LogP contribution < -0.4 is 16.0 Å². The number of nitrogens with zero attached hydrogens (tertiary/aromatic N) is 4. The molecule has 5 rings (SSSR count). The second-order valence-corrected chi connectivity index (χ2v) is 8.70. The topological polar surface area (TPSA) is 79.7 Å². The van der Waals surface area contributed by atoms with E-state index in [9.17, 15) is 0 Å². The van der Waals surface area contributed by atoms with Gasteiger partial charge in [-0.15, -0.1) is 0 Å². The minimum atomic E-state index is 0.117. The molecule has 0 amide bonds. The zero-order valence-corrected chi connectivity index (χ0v) is 17.0. The minimum absolute atomic E-state index is 0.117. The summed E-state index contributed by atoms with van der Waals surface area (Å²) in [6, 6.07) is 5.63. The Morgan fingerprint density at radius 2 is 1.96 bits per heavy atom. The van der Waals surface area contributed by atoms with Crippen molar-refractivity contribution in [1.82, 2.24) is 24.8 Å². The Hall–Kier alpha value is -2.09. The molecule has 28 heavy (non-hydrogen) atoms. The number of hydrogen-bond donors (Lipinski definition) is 3. The fourth-order valence-corrected chi connectivity index (χ4v) is 4.11. The van der Waals surface area contributed by atoms with E-state index in [1.165, 1.54) is 0 Å². The van der Waals surface area contributed by atoms with Gasteiger partial charge in [-0.2, -0.15) is 4.98 Å². The molecule has 0 radical (unpaired) electrons. The van der Waals surface area contributed by atoms with Gasteiger partial charge in [-0.3, -0.25) is 4.57 Å². The van der Waals surface area contributed by atoms with E-state index in [4.69, 9.17) is 33.2 Å². The van der Waals surface area contributed by atoms with Crippen molar-refractivity contribution in [3.63, 3.8) is 0 Å². The number of fused-ring (bicyclic) bond motifs is 1. The van der Waals surface area contributed by atoms with Gasteiger partial charge >= 0.3 is 0 Å². The molecule has 7 nitrogen and oxygen atoms in total. The fraction of sp³-hybridized carbons (Fsp3) is 0.421. The van der Waals surface area contributed by atoms with E-state index < -0.39 is 0 Å². The number of benzene rings is 1. The SMILES string of the molecule is CC1(Nc2ncc3nc(Nc4cc(Cl)cc(Cl)c4)n(C4CCNC4)c3n2)CC1. The smallest absolute Gasteiger partial charge is 0.225 e. The molecule has 3 N–H and O–H groups in total. The van der Waals surface area contributed by atoms with Crippen molar-refractivity contribution in [2.24, 2.45) is 0 Å². The van der Waals surface area contributed by atoms with Crippen molar-refractivity contribution in [2.75, 3.05) is 23.7 Å². The number of rotatable bonds is 5.